The van der Waals surface area contributed by atoms with Gasteiger partial charge in [-0.15, -0.1) is 0 Å². The predicted molar refractivity (Wildman–Crippen MR) is 88.5 cm³/mol. The maximum absolute atomic E-state index is 11.9. The van der Waals surface area contributed by atoms with E-state index < -0.39 is 0 Å². The molecule has 5 heteroatoms. The minimum Gasteiger partial charge on any atom is -0.492 e. The third-order valence-electron chi connectivity index (χ3n) is 2.96. The Morgan fingerprint density at radius 3 is 2.81 bits per heavy atom. The Morgan fingerprint density at radius 1 is 1.29 bits per heavy atom. The fourth-order valence-corrected chi connectivity index (χ4v) is 2.20. The first-order valence-corrected chi connectivity index (χ1v) is 7.39. The third kappa shape index (κ3) is 4.49. The van der Waals surface area contributed by atoms with Crippen LogP contribution < -0.4 is 15.8 Å². The van der Waals surface area contributed by atoms with Gasteiger partial charge in [0, 0.05) is 11.4 Å². The van der Waals surface area contributed by atoms with Gasteiger partial charge in [0.2, 0.25) is 5.91 Å². The van der Waals surface area contributed by atoms with Gasteiger partial charge in [0.25, 0.3) is 0 Å². The molecule has 0 aliphatic carbocycles. The maximum atomic E-state index is 11.9. The highest BCUT2D eigenvalue weighted by Crippen LogP contribution is 2.24. The molecule has 0 atom stereocenters. The van der Waals surface area contributed by atoms with Gasteiger partial charge in [-0.2, -0.15) is 0 Å². The summed E-state index contributed by atoms with van der Waals surface area (Å²) < 4.78 is 6.44. The Bertz CT molecular complexity index is 644. The number of hydrogen-bond acceptors (Lipinski definition) is 3. The van der Waals surface area contributed by atoms with E-state index in [9.17, 15) is 4.79 Å². The van der Waals surface area contributed by atoms with Gasteiger partial charge < -0.3 is 15.8 Å². The minimum atomic E-state index is -0.101. The average Bonchev–Trinajstić information content (AvgIpc) is 2.45. The number of nitrogen functional groups attached to an aromatic ring is 1. The Morgan fingerprint density at radius 2 is 2.05 bits per heavy atom. The van der Waals surface area contributed by atoms with E-state index in [1.165, 1.54) is 0 Å². The highest BCUT2D eigenvalue weighted by Gasteiger charge is 2.06. The lowest BCUT2D eigenvalue weighted by molar-refractivity contribution is -0.116. The smallest absolute Gasteiger partial charge is 0.227 e. The number of nitrogens with one attached hydrogen (secondary N) is 1. The normalized spacial score (nSPS) is 10.2. The van der Waals surface area contributed by atoms with Crippen LogP contribution in [0.3, 0.4) is 0 Å². The van der Waals surface area contributed by atoms with Crippen LogP contribution in [0.1, 0.15) is 12.0 Å². The van der Waals surface area contributed by atoms with Gasteiger partial charge in [-0.25, -0.2) is 0 Å². The molecule has 0 aliphatic heterocycles. The number of aryl methyl sites for hydroxylation is 1. The van der Waals surface area contributed by atoms with E-state index in [1.807, 2.05) is 37.3 Å². The zero-order chi connectivity index (χ0) is 15.2. The molecular weight excluding hydrogens is 332 g/mol. The molecule has 21 heavy (non-hydrogen) atoms. The van der Waals surface area contributed by atoms with Crippen molar-refractivity contribution < 1.29 is 9.53 Å². The molecule has 0 aromatic heterocycles. The van der Waals surface area contributed by atoms with Crippen molar-refractivity contribution in [2.24, 2.45) is 0 Å². The van der Waals surface area contributed by atoms with E-state index in [0.717, 1.165) is 21.5 Å². The number of hydrogen-bond donors (Lipinski definition) is 2. The first-order valence-electron chi connectivity index (χ1n) is 6.59. The molecule has 4 nitrogen and oxygen atoms in total. The lowest BCUT2D eigenvalue weighted by atomic mass is 10.2. The summed E-state index contributed by atoms with van der Waals surface area (Å²) >= 11 is 3.40. The van der Waals surface area contributed by atoms with Gasteiger partial charge in [0.05, 0.1) is 17.5 Å². The number of carbonyl (C=O) groups is 1. The van der Waals surface area contributed by atoms with Crippen LogP contribution >= 0.6 is 15.9 Å². The molecule has 2 aromatic carbocycles. The molecule has 0 radical (unpaired) electrons. The Labute approximate surface area is 132 Å². The van der Waals surface area contributed by atoms with Crippen molar-refractivity contribution in [3.8, 4) is 5.75 Å². The van der Waals surface area contributed by atoms with Crippen molar-refractivity contribution in [2.75, 3.05) is 17.7 Å². The largest absolute Gasteiger partial charge is 0.492 e. The molecule has 2 aromatic rings. The minimum absolute atomic E-state index is 0.101. The Kier molecular flexibility index (Phi) is 5.22. The second kappa shape index (κ2) is 7.13. The topological polar surface area (TPSA) is 64.3 Å². The highest BCUT2D eigenvalue weighted by molar-refractivity contribution is 9.10. The van der Waals surface area contributed by atoms with E-state index in [1.54, 1.807) is 12.1 Å². The molecule has 0 fully saturated rings. The summed E-state index contributed by atoms with van der Waals surface area (Å²) in [5, 5.41) is 2.84. The van der Waals surface area contributed by atoms with Crippen molar-refractivity contribution in [1.29, 1.82) is 0 Å². The molecule has 0 saturated heterocycles. The van der Waals surface area contributed by atoms with E-state index in [0.29, 0.717) is 12.3 Å². The summed E-state index contributed by atoms with van der Waals surface area (Å²) in [4.78, 5) is 11.9. The molecule has 0 aliphatic rings. The number of anilines is 2. The molecule has 0 unspecified atom stereocenters. The Balaban J connectivity index is 1.85. The van der Waals surface area contributed by atoms with Gasteiger partial charge in [-0.05, 0) is 52.7 Å². The quantitative estimate of drug-likeness (QED) is 0.808. The number of benzene rings is 2. The van der Waals surface area contributed by atoms with Crippen molar-refractivity contribution in [1.82, 2.24) is 0 Å². The molecular formula is C16H17BrN2O2. The summed E-state index contributed by atoms with van der Waals surface area (Å²) in [6.45, 7) is 2.24. The number of carbonyl (C=O) groups excluding carboxylic acids is 1. The first kappa shape index (κ1) is 15.4. The second-order valence-electron chi connectivity index (χ2n) is 4.65. The highest BCUT2D eigenvalue weighted by atomic mass is 79.9. The van der Waals surface area contributed by atoms with Gasteiger partial charge in [-0.3, -0.25) is 4.79 Å². The molecule has 2 rings (SSSR count). The average molecular weight is 349 g/mol. The van der Waals surface area contributed by atoms with Crippen molar-refractivity contribution >= 4 is 33.2 Å². The fraction of sp³-hybridized carbons (Fsp3) is 0.188. The molecule has 0 heterocycles. The molecule has 0 bridgehead atoms. The lowest BCUT2D eigenvalue weighted by Crippen LogP contribution is -2.16. The zero-order valence-corrected chi connectivity index (χ0v) is 13.3. The number of para-hydroxylation sites is 1. The summed E-state index contributed by atoms with van der Waals surface area (Å²) in [5.41, 5.74) is 8.05. The molecule has 0 spiro atoms. The van der Waals surface area contributed by atoms with Crippen LogP contribution in [0.25, 0.3) is 0 Å². The van der Waals surface area contributed by atoms with Crippen LogP contribution in [0.15, 0.2) is 46.9 Å². The lowest BCUT2D eigenvalue weighted by Gasteiger charge is -2.10. The second-order valence-corrected chi connectivity index (χ2v) is 5.51. The first-order chi connectivity index (χ1) is 10.1. The number of rotatable bonds is 5. The van der Waals surface area contributed by atoms with Crippen molar-refractivity contribution in [3.63, 3.8) is 0 Å². The van der Waals surface area contributed by atoms with Gasteiger partial charge >= 0.3 is 0 Å². The SMILES string of the molecule is Cc1ccc(N)cc1NC(=O)CCOc1ccccc1Br. The van der Waals surface area contributed by atoms with E-state index in [2.05, 4.69) is 21.2 Å². The van der Waals surface area contributed by atoms with Crippen LogP contribution in [0.2, 0.25) is 0 Å². The number of ether oxygens (including phenoxy) is 1. The van der Waals surface area contributed by atoms with E-state index in [4.69, 9.17) is 10.5 Å². The van der Waals surface area contributed by atoms with Crippen LogP contribution in [0.5, 0.6) is 5.75 Å². The molecule has 0 saturated carbocycles. The van der Waals surface area contributed by atoms with E-state index in [-0.39, 0.29) is 12.3 Å². The summed E-state index contributed by atoms with van der Waals surface area (Å²) in [5.74, 6) is 0.626. The zero-order valence-electron chi connectivity index (χ0n) is 11.7. The molecule has 1 amide bonds. The summed E-state index contributed by atoms with van der Waals surface area (Å²) in [6.07, 6.45) is 0.273. The van der Waals surface area contributed by atoms with Crippen molar-refractivity contribution in [3.05, 3.63) is 52.5 Å². The third-order valence-corrected chi connectivity index (χ3v) is 3.61. The van der Waals surface area contributed by atoms with Crippen LogP contribution in [0, 0.1) is 6.92 Å². The predicted octanol–water partition coefficient (Wildman–Crippen LogP) is 3.75. The fourth-order valence-electron chi connectivity index (χ4n) is 1.80. The van der Waals surface area contributed by atoms with E-state index >= 15 is 0 Å². The van der Waals surface area contributed by atoms with Gasteiger partial charge in [0.15, 0.2) is 0 Å². The summed E-state index contributed by atoms with van der Waals surface area (Å²) in [7, 11) is 0. The van der Waals surface area contributed by atoms with Gasteiger partial charge in [0.1, 0.15) is 5.75 Å². The molecule has 110 valence electrons. The van der Waals surface area contributed by atoms with Crippen LogP contribution in [-0.4, -0.2) is 12.5 Å². The van der Waals surface area contributed by atoms with Crippen LogP contribution in [-0.2, 0) is 4.79 Å². The number of nitrogens with two attached hydrogens (primary N) is 1. The monoisotopic (exact) mass is 348 g/mol. The van der Waals surface area contributed by atoms with Gasteiger partial charge in [-0.1, -0.05) is 18.2 Å². The number of halogens is 1. The van der Waals surface area contributed by atoms with Crippen LogP contribution in [0.4, 0.5) is 11.4 Å². The maximum Gasteiger partial charge on any atom is 0.227 e. The standard InChI is InChI=1S/C16H17BrN2O2/c1-11-6-7-12(18)10-14(11)19-16(20)8-9-21-15-5-3-2-4-13(15)17/h2-7,10H,8-9,18H2,1H3,(H,19,20). The molecule has 3 N–H and O–H groups in total. The van der Waals surface area contributed by atoms with Crippen molar-refractivity contribution in [2.45, 2.75) is 13.3 Å². The Hall–Kier alpha value is -2.01. The number of amides is 1. The summed E-state index contributed by atoms with van der Waals surface area (Å²) in [6, 6.07) is 13.0.